The van der Waals surface area contributed by atoms with Crippen LogP contribution >= 0.6 is 0 Å². The summed E-state index contributed by atoms with van der Waals surface area (Å²) in [7, 11) is 1.67. The van der Waals surface area contributed by atoms with Gasteiger partial charge in [0, 0.05) is 19.5 Å². The second-order valence-corrected chi connectivity index (χ2v) is 5.60. The number of benzene rings is 2. The molecule has 2 aromatic rings. The van der Waals surface area contributed by atoms with Crippen LogP contribution in [0.5, 0.6) is 17.2 Å². The molecule has 0 spiro atoms. The van der Waals surface area contributed by atoms with E-state index in [2.05, 4.69) is 23.5 Å². The van der Waals surface area contributed by atoms with Gasteiger partial charge in [0.15, 0.2) is 11.5 Å². The summed E-state index contributed by atoms with van der Waals surface area (Å²) in [6.45, 7) is 4.20. The SMILES string of the molecule is CCOc1ccc(CNCC2Cc3ccccc3O2)cc1OC. The van der Waals surface area contributed by atoms with Crippen molar-refractivity contribution in [3.05, 3.63) is 53.6 Å². The summed E-state index contributed by atoms with van der Waals surface area (Å²) in [6, 6.07) is 14.3. The molecule has 0 fully saturated rings. The Morgan fingerprint density at radius 3 is 2.83 bits per heavy atom. The number of para-hydroxylation sites is 1. The fourth-order valence-electron chi connectivity index (χ4n) is 2.84. The Morgan fingerprint density at radius 2 is 2.04 bits per heavy atom. The zero-order valence-electron chi connectivity index (χ0n) is 13.7. The molecule has 3 rings (SSSR count). The minimum absolute atomic E-state index is 0.206. The molecular formula is C19H23NO3. The van der Waals surface area contributed by atoms with E-state index in [0.29, 0.717) is 6.61 Å². The van der Waals surface area contributed by atoms with E-state index in [-0.39, 0.29) is 6.10 Å². The third kappa shape index (κ3) is 3.77. The Labute approximate surface area is 137 Å². The lowest BCUT2D eigenvalue weighted by Gasteiger charge is -2.14. The molecule has 0 saturated heterocycles. The quantitative estimate of drug-likeness (QED) is 0.852. The minimum atomic E-state index is 0.206. The van der Waals surface area contributed by atoms with E-state index in [4.69, 9.17) is 14.2 Å². The van der Waals surface area contributed by atoms with Crippen molar-refractivity contribution in [1.82, 2.24) is 5.32 Å². The first-order valence-electron chi connectivity index (χ1n) is 8.05. The van der Waals surface area contributed by atoms with Crippen molar-refractivity contribution in [1.29, 1.82) is 0 Å². The second-order valence-electron chi connectivity index (χ2n) is 5.60. The maximum absolute atomic E-state index is 5.93. The number of hydrogen-bond acceptors (Lipinski definition) is 4. The Morgan fingerprint density at radius 1 is 1.17 bits per heavy atom. The van der Waals surface area contributed by atoms with Crippen LogP contribution < -0.4 is 19.5 Å². The predicted octanol–water partition coefficient (Wildman–Crippen LogP) is 3.19. The molecule has 0 amide bonds. The molecule has 122 valence electrons. The topological polar surface area (TPSA) is 39.7 Å². The van der Waals surface area contributed by atoms with Gasteiger partial charge in [0.1, 0.15) is 11.9 Å². The first-order chi connectivity index (χ1) is 11.3. The normalized spacial score (nSPS) is 15.8. The van der Waals surface area contributed by atoms with Gasteiger partial charge in [-0.15, -0.1) is 0 Å². The molecule has 2 aromatic carbocycles. The molecule has 1 aliphatic rings. The highest BCUT2D eigenvalue weighted by Gasteiger charge is 2.21. The van der Waals surface area contributed by atoms with Crippen LogP contribution in [-0.2, 0) is 13.0 Å². The van der Waals surface area contributed by atoms with Gasteiger partial charge in [0.05, 0.1) is 13.7 Å². The van der Waals surface area contributed by atoms with Crippen LogP contribution in [0.25, 0.3) is 0 Å². The summed E-state index contributed by atoms with van der Waals surface area (Å²) in [4.78, 5) is 0. The van der Waals surface area contributed by atoms with E-state index in [1.165, 1.54) is 11.1 Å². The molecule has 0 radical (unpaired) electrons. The van der Waals surface area contributed by atoms with Gasteiger partial charge >= 0.3 is 0 Å². The summed E-state index contributed by atoms with van der Waals surface area (Å²) in [5, 5.41) is 3.46. The van der Waals surface area contributed by atoms with Crippen molar-refractivity contribution in [2.75, 3.05) is 20.3 Å². The lowest BCUT2D eigenvalue weighted by atomic mass is 10.1. The van der Waals surface area contributed by atoms with Crippen LogP contribution in [0, 0.1) is 0 Å². The van der Waals surface area contributed by atoms with Gasteiger partial charge in [-0.25, -0.2) is 0 Å². The smallest absolute Gasteiger partial charge is 0.161 e. The minimum Gasteiger partial charge on any atom is -0.493 e. The number of methoxy groups -OCH3 is 1. The van der Waals surface area contributed by atoms with Gasteiger partial charge in [0.2, 0.25) is 0 Å². The van der Waals surface area contributed by atoms with Gasteiger partial charge in [-0.1, -0.05) is 24.3 Å². The lowest BCUT2D eigenvalue weighted by molar-refractivity contribution is 0.227. The Hall–Kier alpha value is -2.20. The molecule has 23 heavy (non-hydrogen) atoms. The van der Waals surface area contributed by atoms with Crippen LogP contribution in [0.2, 0.25) is 0 Å². The third-order valence-corrected chi connectivity index (χ3v) is 3.94. The Balaban J connectivity index is 1.51. The molecule has 0 bridgehead atoms. The molecule has 4 nitrogen and oxygen atoms in total. The second kappa shape index (κ2) is 7.38. The molecule has 4 heteroatoms. The van der Waals surface area contributed by atoms with Crippen LogP contribution in [0.4, 0.5) is 0 Å². The van der Waals surface area contributed by atoms with E-state index >= 15 is 0 Å². The molecule has 1 aliphatic heterocycles. The molecule has 1 atom stereocenters. The van der Waals surface area contributed by atoms with Crippen molar-refractivity contribution in [3.8, 4) is 17.2 Å². The molecule has 1 unspecified atom stereocenters. The number of rotatable bonds is 7. The summed E-state index contributed by atoms with van der Waals surface area (Å²) in [6.07, 6.45) is 1.17. The van der Waals surface area contributed by atoms with Gasteiger partial charge < -0.3 is 19.5 Å². The highest BCUT2D eigenvalue weighted by molar-refractivity contribution is 5.43. The van der Waals surface area contributed by atoms with Crippen LogP contribution in [0.3, 0.4) is 0 Å². The maximum Gasteiger partial charge on any atom is 0.161 e. The van der Waals surface area contributed by atoms with Gasteiger partial charge in [-0.2, -0.15) is 0 Å². The molecular weight excluding hydrogens is 290 g/mol. The van der Waals surface area contributed by atoms with Crippen LogP contribution in [-0.4, -0.2) is 26.4 Å². The van der Waals surface area contributed by atoms with Crippen molar-refractivity contribution < 1.29 is 14.2 Å². The zero-order chi connectivity index (χ0) is 16.1. The zero-order valence-corrected chi connectivity index (χ0v) is 13.7. The average molecular weight is 313 g/mol. The summed E-state index contributed by atoms with van der Waals surface area (Å²) in [5.41, 5.74) is 2.46. The highest BCUT2D eigenvalue weighted by Crippen LogP contribution is 2.29. The first-order valence-corrected chi connectivity index (χ1v) is 8.05. The third-order valence-electron chi connectivity index (χ3n) is 3.94. The fraction of sp³-hybridized carbons (Fsp3) is 0.368. The fourth-order valence-corrected chi connectivity index (χ4v) is 2.84. The number of fused-ring (bicyclic) bond motifs is 1. The number of ether oxygens (including phenoxy) is 3. The van der Waals surface area contributed by atoms with Gasteiger partial charge in [-0.05, 0) is 36.2 Å². The predicted molar refractivity (Wildman–Crippen MR) is 90.4 cm³/mol. The standard InChI is InChI=1S/C19H23NO3/c1-3-22-18-9-8-14(10-19(18)21-2)12-20-13-16-11-15-6-4-5-7-17(15)23-16/h4-10,16,20H,3,11-13H2,1-2H3. The summed E-state index contributed by atoms with van der Waals surface area (Å²) in [5.74, 6) is 2.58. The Bertz CT molecular complexity index is 632. The van der Waals surface area contributed by atoms with E-state index in [9.17, 15) is 0 Å². The van der Waals surface area contributed by atoms with E-state index in [1.807, 2.05) is 31.2 Å². The lowest BCUT2D eigenvalue weighted by Crippen LogP contribution is -2.29. The number of hydrogen-bond donors (Lipinski definition) is 1. The van der Waals surface area contributed by atoms with E-state index in [0.717, 1.165) is 36.8 Å². The van der Waals surface area contributed by atoms with Crippen LogP contribution in [0.15, 0.2) is 42.5 Å². The van der Waals surface area contributed by atoms with Gasteiger partial charge in [-0.3, -0.25) is 0 Å². The Kier molecular flexibility index (Phi) is 5.03. The largest absolute Gasteiger partial charge is 0.493 e. The average Bonchev–Trinajstić information content (AvgIpc) is 2.99. The molecule has 0 saturated carbocycles. The van der Waals surface area contributed by atoms with Crippen molar-refractivity contribution in [2.45, 2.75) is 26.0 Å². The maximum atomic E-state index is 5.93. The summed E-state index contributed by atoms with van der Waals surface area (Å²) >= 11 is 0. The number of nitrogens with one attached hydrogen (secondary N) is 1. The van der Waals surface area contributed by atoms with Crippen LogP contribution in [0.1, 0.15) is 18.1 Å². The summed E-state index contributed by atoms with van der Waals surface area (Å²) < 4.78 is 16.9. The van der Waals surface area contributed by atoms with Gasteiger partial charge in [0.25, 0.3) is 0 Å². The molecule has 0 aliphatic carbocycles. The van der Waals surface area contributed by atoms with Crippen molar-refractivity contribution in [2.24, 2.45) is 0 Å². The van der Waals surface area contributed by atoms with E-state index < -0.39 is 0 Å². The molecule has 1 N–H and O–H groups in total. The first kappa shape index (κ1) is 15.7. The van der Waals surface area contributed by atoms with Crippen molar-refractivity contribution in [3.63, 3.8) is 0 Å². The van der Waals surface area contributed by atoms with E-state index in [1.54, 1.807) is 7.11 Å². The monoisotopic (exact) mass is 313 g/mol. The van der Waals surface area contributed by atoms with Crippen molar-refractivity contribution >= 4 is 0 Å². The molecule has 0 aromatic heterocycles. The molecule has 1 heterocycles. The highest BCUT2D eigenvalue weighted by atomic mass is 16.5.